The first kappa shape index (κ1) is 21.1. The number of rotatable bonds is 7. The van der Waals surface area contributed by atoms with Gasteiger partial charge in [0.25, 0.3) is 5.89 Å². The van der Waals surface area contributed by atoms with Gasteiger partial charge < -0.3 is 9.84 Å². The average Bonchev–Trinajstić information content (AvgIpc) is 3.26. The van der Waals surface area contributed by atoms with Crippen LogP contribution in [0.15, 0.2) is 64.8 Å². The largest absolute Gasteiger partial charge is 0.334 e. The summed E-state index contributed by atoms with van der Waals surface area (Å²) in [7, 11) is 0. The summed E-state index contributed by atoms with van der Waals surface area (Å²) in [5.74, 6) is 0.900. The molecular formula is C24H25ClN4O2. The number of benzene rings is 2. The van der Waals surface area contributed by atoms with E-state index in [0.717, 1.165) is 41.7 Å². The lowest BCUT2D eigenvalue weighted by atomic mass is 9.94. The maximum absolute atomic E-state index is 13.0. The maximum Gasteiger partial charge on any atom is 0.322 e. The summed E-state index contributed by atoms with van der Waals surface area (Å²) in [5, 5.41) is 7.89. The molecule has 0 saturated heterocycles. The van der Waals surface area contributed by atoms with Crippen molar-refractivity contribution >= 4 is 23.2 Å². The number of hydrogen-bond acceptors (Lipinski definition) is 4. The van der Waals surface area contributed by atoms with E-state index in [2.05, 4.69) is 22.4 Å². The van der Waals surface area contributed by atoms with Gasteiger partial charge in [-0.15, -0.1) is 0 Å². The van der Waals surface area contributed by atoms with Crippen molar-refractivity contribution in [1.29, 1.82) is 0 Å². The van der Waals surface area contributed by atoms with Crippen molar-refractivity contribution in [3.63, 3.8) is 0 Å². The van der Waals surface area contributed by atoms with E-state index in [9.17, 15) is 4.79 Å². The predicted octanol–water partition coefficient (Wildman–Crippen LogP) is 6.08. The molecule has 0 aliphatic carbocycles. The van der Waals surface area contributed by atoms with E-state index < -0.39 is 6.04 Å². The molecule has 1 aromatic heterocycles. The van der Waals surface area contributed by atoms with Crippen molar-refractivity contribution in [2.75, 3.05) is 6.54 Å². The Hall–Kier alpha value is -3.12. The van der Waals surface area contributed by atoms with Gasteiger partial charge in [0.15, 0.2) is 0 Å². The highest BCUT2D eigenvalue weighted by Gasteiger charge is 2.35. The summed E-state index contributed by atoms with van der Waals surface area (Å²) < 4.78 is 5.69. The number of nitrogens with zero attached hydrogens (tertiary/aromatic N) is 3. The lowest BCUT2D eigenvalue weighted by molar-refractivity contribution is 0.204. The molecule has 0 radical (unpaired) electrons. The van der Waals surface area contributed by atoms with Crippen LogP contribution in [0, 0.1) is 0 Å². The third kappa shape index (κ3) is 4.49. The molecule has 0 fully saturated rings. The molecule has 1 aliphatic heterocycles. The SMILES string of the molecule is CCCCCN1C(=O)NC(c2cccc(Cl)c2)C(c2nc(-c3ccccc3)no2)=C1C. The van der Waals surface area contributed by atoms with Gasteiger partial charge in [-0.3, -0.25) is 4.90 Å². The van der Waals surface area contributed by atoms with E-state index in [1.807, 2.05) is 61.5 Å². The molecule has 1 atom stereocenters. The molecule has 4 rings (SSSR count). The zero-order valence-corrected chi connectivity index (χ0v) is 18.4. The van der Waals surface area contributed by atoms with Gasteiger partial charge in [-0.05, 0) is 31.0 Å². The highest BCUT2D eigenvalue weighted by molar-refractivity contribution is 6.30. The van der Waals surface area contributed by atoms with Crippen LogP contribution in [0.1, 0.15) is 50.6 Å². The molecule has 2 heterocycles. The zero-order chi connectivity index (χ0) is 21.8. The lowest BCUT2D eigenvalue weighted by Gasteiger charge is -2.35. The smallest absolute Gasteiger partial charge is 0.322 e. The van der Waals surface area contributed by atoms with E-state index in [1.165, 1.54) is 0 Å². The summed E-state index contributed by atoms with van der Waals surface area (Å²) >= 11 is 6.24. The topological polar surface area (TPSA) is 71.3 Å². The Kier molecular flexibility index (Phi) is 6.37. The van der Waals surface area contributed by atoms with E-state index in [1.54, 1.807) is 4.90 Å². The van der Waals surface area contributed by atoms with Crippen LogP contribution in [0.5, 0.6) is 0 Å². The first-order valence-corrected chi connectivity index (χ1v) is 10.9. The Morgan fingerprint density at radius 2 is 1.94 bits per heavy atom. The fourth-order valence-electron chi connectivity index (χ4n) is 3.82. The molecule has 3 aromatic rings. The highest BCUT2D eigenvalue weighted by Crippen LogP contribution is 2.38. The van der Waals surface area contributed by atoms with Crippen LogP contribution in [0.4, 0.5) is 4.79 Å². The summed E-state index contributed by atoms with van der Waals surface area (Å²) in [6.07, 6.45) is 3.07. The van der Waals surface area contributed by atoms with Crippen molar-refractivity contribution in [3.8, 4) is 11.4 Å². The van der Waals surface area contributed by atoms with Crippen LogP contribution < -0.4 is 5.32 Å². The lowest BCUT2D eigenvalue weighted by Crippen LogP contribution is -2.46. The number of amides is 2. The molecule has 1 N–H and O–H groups in total. The van der Waals surface area contributed by atoms with Crippen LogP contribution >= 0.6 is 11.6 Å². The number of hydrogen-bond donors (Lipinski definition) is 1. The fraction of sp³-hybridized carbons (Fsp3) is 0.292. The Morgan fingerprint density at radius 3 is 2.68 bits per heavy atom. The van der Waals surface area contributed by atoms with Crippen LogP contribution in [0.2, 0.25) is 5.02 Å². The summed E-state index contributed by atoms with van der Waals surface area (Å²) in [6, 6.07) is 16.6. The first-order chi connectivity index (χ1) is 15.1. The molecule has 2 aromatic carbocycles. The Balaban J connectivity index is 1.78. The number of nitrogens with one attached hydrogen (secondary N) is 1. The zero-order valence-electron chi connectivity index (χ0n) is 17.6. The number of unbranched alkanes of at least 4 members (excludes halogenated alkanes) is 2. The molecule has 1 aliphatic rings. The molecular weight excluding hydrogens is 412 g/mol. The van der Waals surface area contributed by atoms with Gasteiger partial charge in [0.2, 0.25) is 5.82 Å². The minimum absolute atomic E-state index is 0.134. The Morgan fingerprint density at radius 1 is 1.13 bits per heavy atom. The summed E-state index contributed by atoms with van der Waals surface area (Å²) in [6.45, 7) is 4.71. The minimum atomic E-state index is -0.433. The second-order valence-electron chi connectivity index (χ2n) is 7.58. The van der Waals surface area contributed by atoms with Crippen molar-refractivity contribution < 1.29 is 9.32 Å². The van der Waals surface area contributed by atoms with Crippen molar-refractivity contribution in [1.82, 2.24) is 20.4 Å². The quantitative estimate of drug-likeness (QED) is 0.456. The van der Waals surface area contributed by atoms with Crippen molar-refractivity contribution in [2.45, 2.75) is 39.2 Å². The molecule has 1 unspecified atom stereocenters. The standard InChI is InChI=1S/C24H25ClN4O2/c1-3-4-8-14-29-16(2)20(21(26-24(29)30)18-12-9-13-19(25)15-18)23-27-22(28-31-23)17-10-6-5-7-11-17/h5-7,9-13,15,21H,3-4,8,14H2,1-2H3,(H,26,30). The molecule has 7 heteroatoms. The van der Waals surface area contributed by atoms with Crippen LogP contribution in [-0.4, -0.2) is 27.6 Å². The van der Waals surface area contributed by atoms with Crippen molar-refractivity contribution in [3.05, 3.63) is 76.8 Å². The number of allylic oxidation sites excluding steroid dienone is 1. The number of carbonyl (C=O) groups excluding carboxylic acids is 1. The third-order valence-electron chi connectivity index (χ3n) is 5.45. The molecule has 0 saturated carbocycles. The molecule has 160 valence electrons. The molecule has 2 amide bonds. The number of carbonyl (C=O) groups is 1. The fourth-order valence-corrected chi connectivity index (χ4v) is 4.02. The number of aromatic nitrogens is 2. The van der Waals surface area contributed by atoms with Gasteiger partial charge in [-0.2, -0.15) is 4.98 Å². The van der Waals surface area contributed by atoms with Gasteiger partial charge in [0.1, 0.15) is 0 Å². The van der Waals surface area contributed by atoms with Gasteiger partial charge in [-0.25, -0.2) is 4.79 Å². The number of urea groups is 1. The van der Waals surface area contributed by atoms with Crippen LogP contribution in [0.3, 0.4) is 0 Å². The minimum Gasteiger partial charge on any atom is -0.334 e. The van der Waals surface area contributed by atoms with E-state index in [0.29, 0.717) is 23.3 Å². The second kappa shape index (κ2) is 9.35. The third-order valence-corrected chi connectivity index (χ3v) is 5.69. The second-order valence-corrected chi connectivity index (χ2v) is 8.02. The van der Waals surface area contributed by atoms with E-state index in [4.69, 9.17) is 16.1 Å². The number of halogens is 1. The maximum atomic E-state index is 13.0. The normalized spacial score (nSPS) is 16.5. The predicted molar refractivity (Wildman–Crippen MR) is 121 cm³/mol. The van der Waals surface area contributed by atoms with Gasteiger partial charge in [-0.1, -0.05) is 79.0 Å². The molecule has 31 heavy (non-hydrogen) atoms. The summed E-state index contributed by atoms with van der Waals surface area (Å²) in [5.41, 5.74) is 3.33. The van der Waals surface area contributed by atoms with Gasteiger partial charge >= 0.3 is 6.03 Å². The first-order valence-electron chi connectivity index (χ1n) is 10.5. The van der Waals surface area contributed by atoms with Gasteiger partial charge in [0.05, 0.1) is 11.6 Å². The monoisotopic (exact) mass is 436 g/mol. The van der Waals surface area contributed by atoms with Gasteiger partial charge in [0, 0.05) is 22.8 Å². The van der Waals surface area contributed by atoms with Crippen LogP contribution in [-0.2, 0) is 0 Å². The average molecular weight is 437 g/mol. The van der Waals surface area contributed by atoms with E-state index >= 15 is 0 Å². The highest BCUT2D eigenvalue weighted by atomic mass is 35.5. The Labute approximate surface area is 186 Å². The molecule has 0 spiro atoms. The molecule has 0 bridgehead atoms. The van der Waals surface area contributed by atoms with E-state index in [-0.39, 0.29) is 6.03 Å². The van der Waals surface area contributed by atoms with Crippen LogP contribution in [0.25, 0.3) is 17.0 Å². The summed E-state index contributed by atoms with van der Waals surface area (Å²) in [4.78, 5) is 19.4. The Bertz CT molecular complexity index is 1090. The molecule has 6 nitrogen and oxygen atoms in total. The van der Waals surface area contributed by atoms with Crippen molar-refractivity contribution in [2.24, 2.45) is 0 Å².